The molecule has 4 nitrogen and oxygen atoms in total. The summed E-state index contributed by atoms with van der Waals surface area (Å²) < 4.78 is 5.82. The second-order valence-corrected chi connectivity index (χ2v) is 5.39. The quantitative estimate of drug-likeness (QED) is 0.929. The van der Waals surface area contributed by atoms with Crippen molar-refractivity contribution in [3.8, 4) is 11.3 Å². The summed E-state index contributed by atoms with van der Waals surface area (Å²) in [5.74, 6) is 2.06. The van der Waals surface area contributed by atoms with Crippen molar-refractivity contribution in [2.45, 2.75) is 19.4 Å². The van der Waals surface area contributed by atoms with Gasteiger partial charge in [-0.1, -0.05) is 30.3 Å². The Kier molecular flexibility index (Phi) is 4.14. The van der Waals surface area contributed by atoms with Gasteiger partial charge < -0.3 is 9.52 Å². The van der Waals surface area contributed by atoms with E-state index < -0.39 is 0 Å². The predicted molar refractivity (Wildman–Crippen MR) is 77.0 cm³/mol. The molecule has 0 spiro atoms. The standard InChI is InChI=1S/C16H20N2O2/c19-12-13-6-8-18(9-7-13)11-16-17-10-15(20-16)14-4-2-1-3-5-14/h1-5,10,13,19H,6-9,11-12H2. The lowest BCUT2D eigenvalue weighted by Crippen LogP contribution is -2.34. The third kappa shape index (κ3) is 3.08. The summed E-state index contributed by atoms with van der Waals surface area (Å²) >= 11 is 0. The van der Waals surface area contributed by atoms with E-state index in [0.29, 0.717) is 12.5 Å². The molecule has 106 valence electrons. The highest BCUT2D eigenvalue weighted by Crippen LogP contribution is 2.22. The van der Waals surface area contributed by atoms with Crippen LogP contribution in [0.5, 0.6) is 0 Å². The molecule has 0 saturated carbocycles. The maximum atomic E-state index is 9.15. The first-order valence-corrected chi connectivity index (χ1v) is 7.18. The van der Waals surface area contributed by atoms with Gasteiger partial charge in [0.05, 0.1) is 12.7 Å². The van der Waals surface area contributed by atoms with Gasteiger partial charge in [-0.15, -0.1) is 0 Å². The molecule has 0 aliphatic carbocycles. The fourth-order valence-corrected chi connectivity index (χ4v) is 2.64. The molecular weight excluding hydrogens is 252 g/mol. The van der Waals surface area contributed by atoms with E-state index in [9.17, 15) is 0 Å². The minimum atomic E-state index is 0.311. The van der Waals surface area contributed by atoms with Gasteiger partial charge in [0.2, 0.25) is 5.89 Å². The Balaban J connectivity index is 1.61. The molecule has 1 N–H and O–H groups in total. The molecular formula is C16H20N2O2. The van der Waals surface area contributed by atoms with Crippen molar-refractivity contribution in [2.75, 3.05) is 19.7 Å². The van der Waals surface area contributed by atoms with Crippen molar-refractivity contribution in [1.82, 2.24) is 9.88 Å². The summed E-state index contributed by atoms with van der Waals surface area (Å²) in [6.45, 7) is 3.08. The van der Waals surface area contributed by atoms with E-state index in [2.05, 4.69) is 9.88 Å². The number of nitrogens with zero attached hydrogens (tertiary/aromatic N) is 2. The molecule has 0 unspecified atom stereocenters. The van der Waals surface area contributed by atoms with Crippen molar-refractivity contribution < 1.29 is 9.52 Å². The summed E-state index contributed by atoms with van der Waals surface area (Å²) in [6.07, 6.45) is 3.91. The molecule has 1 aromatic carbocycles. The molecule has 1 aliphatic rings. The molecule has 0 bridgehead atoms. The topological polar surface area (TPSA) is 49.5 Å². The summed E-state index contributed by atoms with van der Waals surface area (Å²) in [4.78, 5) is 6.71. The highest BCUT2D eigenvalue weighted by atomic mass is 16.4. The van der Waals surface area contributed by atoms with Crippen LogP contribution in [0.1, 0.15) is 18.7 Å². The largest absolute Gasteiger partial charge is 0.439 e. The molecule has 1 aromatic heterocycles. The Hall–Kier alpha value is -1.65. The molecule has 1 fully saturated rings. The summed E-state index contributed by atoms with van der Waals surface area (Å²) in [7, 11) is 0. The summed E-state index contributed by atoms with van der Waals surface area (Å²) in [5.41, 5.74) is 1.06. The summed E-state index contributed by atoms with van der Waals surface area (Å²) in [6, 6.07) is 10.0. The Morgan fingerprint density at radius 1 is 1.20 bits per heavy atom. The van der Waals surface area contributed by atoms with Crippen LogP contribution in [0.2, 0.25) is 0 Å². The van der Waals surface area contributed by atoms with Gasteiger partial charge in [0.15, 0.2) is 5.76 Å². The molecule has 3 rings (SSSR count). The van der Waals surface area contributed by atoms with Crippen molar-refractivity contribution in [3.63, 3.8) is 0 Å². The molecule has 20 heavy (non-hydrogen) atoms. The van der Waals surface area contributed by atoms with Gasteiger partial charge in [-0.3, -0.25) is 4.90 Å². The van der Waals surface area contributed by atoms with E-state index in [1.807, 2.05) is 30.3 Å². The normalized spacial score (nSPS) is 17.4. The van der Waals surface area contributed by atoms with E-state index in [1.54, 1.807) is 6.20 Å². The van der Waals surface area contributed by atoms with Crippen LogP contribution in [-0.2, 0) is 6.54 Å². The lowest BCUT2D eigenvalue weighted by molar-refractivity contribution is 0.121. The number of aromatic nitrogens is 1. The van der Waals surface area contributed by atoms with Crippen LogP contribution < -0.4 is 0 Å². The van der Waals surface area contributed by atoms with E-state index in [4.69, 9.17) is 9.52 Å². The smallest absolute Gasteiger partial charge is 0.209 e. The van der Waals surface area contributed by atoms with Crippen molar-refractivity contribution >= 4 is 0 Å². The zero-order chi connectivity index (χ0) is 13.8. The molecule has 4 heteroatoms. The number of hydrogen-bond acceptors (Lipinski definition) is 4. The van der Waals surface area contributed by atoms with E-state index in [-0.39, 0.29) is 0 Å². The first kappa shape index (κ1) is 13.3. The fraction of sp³-hybridized carbons (Fsp3) is 0.438. The van der Waals surface area contributed by atoms with Crippen LogP contribution in [0.4, 0.5) is 0 Å². The van der Waals surface area contributed by atoms with Gasteiger partial charge in [-0.25, -0.2) is 4.98 Å². The van der Waals surface area contributed by atoms with Crippen LogP contribution >= 0.6 is 0 Å². The van der Waals surface area contributed by atoms with Crippen LogP contribution in [0.15, 0.2) is 40.9 Å². The van der Waals surface area contributed by atoms with Crippen LogP contribution in [0.25, 0.3) is 11.3 Å². The maximum absolute atomic E-state index is 9.15. The highest BCUT2D eigenvalue weighted by molar-refractivity contribution is 5.55. The number of hydrogen-bond donors (Lipinski definition) is 1. The number of aliphatic hydroxyl groups is 1. The first-order valence-electron chi connectivity index (χ1n) is 7.18. The number of oxazole rings is 1. The van der Waals surface area contributed by atoms with E-state index in [1.165, 1.54) is 0 Å². The average Bonchev–Trinajstić information content (AvgIpc) is 2.97. The van der Waals surface area contributed by atoms with Gasteiger partial charge in [-0.05, 0) is 31.8 Å². The average molecular weight is 272 g/mol. The molecule has 1 saturated heterocycles. The Morgan fingerprint density at radius 3 is 2.65 bits per heavy atom. The minimum Gasteiger partial charge on any atom is -0.439 e. The predicted octanol–water partition coefficient (Wildman–Crippen LogP) is 2.55. The van der Waals surface area contributed by atoms with Gasteiger partial charge in [0.1, 0.15) is 0 Å². The SMILES string of the molecule is OCC1CCN(Cc2ncc(-c3ccccc3)o2)CC1. The van der Waals surface area contributed by atoms with Crippen LogP contribution in [-0.4, -0.2) is 34.7 Å². The van der Waals surface area contributed by atoms with Crippen molar-refractivity contribution in [3.05, 3.63) is 42.4 Å². The molecule has 2 heterocycles. The summed E-state index contributed by atoms with van der Waals surface area (Å²) in [5, 5.41) is 9.15. The molecule has 0 amide bonds. The van der Waals surface area contributed by atoms with Gasteiger partial charge in [0, 0.05) is 12.2 Å². The van der Waals surface area contributed by atoms with Crippen LogP contribution in [0, 0.1) is 5.92 Å². The Bertz CT molecular complexity index is 530. The van der Waals surface area contributed by atoms with Gasteiger partial charge in [0.25, 0.3) is 0 Å². The number of benzene rings is 1. The highest BCUT2D eigenvalue weighted by Gasteiger charge is 2.19. The van der Waals surface area contributed by atoms with Gasteiger partial charge in [-0.2, -0.15) is 0 Å². The fourth-order valence-electron chi connectivity index (χ4n) is 2.64. The van der Waals surface area contributed by atoms with Crippen molar-refractivity contribution in [2.24, 2.45) is 5.92 Å². The van der Waals surface area contributed by atoms with E-state index in [0.717, 1.165) is 49.7 Å². The number of piperidine rings is 1. The number of likely N-dealkylation sites (tertiary alicyclic amines) is 1. The van der Waals surface area contributed by atoms with Crippen molar-refractivity contribution in [1.29, 1.82) is 0 Å². The Morgan fingerprint density at radius 2 is 1.95 bits per heavy atom. The molecule has 0 radical (unpaired) electrons. The minimum absolute atomic E-state index is 0.311. The zero-order valence-electron chi connectivity index (χ0n) is 11.5. The first-order chi connectivity index (χ1) is 9.85. The zero-order valence-corrected chi connectivity index (χ0v) is 11.5. The lowest BCUT2D eigenvalue weighted by Gasteiger charge is -2.29. The van der Waals surface area contributed by atoms with E-state index >= 15 is 0 Å². The Labute approximate surface area is 119 Å². The number of aliphatic hydroxyl groups excluding tert-OH is 1. The second kappa shape index (κ2) is 6.20. The van der Waals surface area contributed by atoms with Gasteiger partial charge >= 0.3 is 0 Å². The molecule has 2 aromatic rings. The number of rotatable bonds is 4. The second-order valence-electron chi connectivity index (χ2n) is 5.39. The maximum Gasteiger partial charge on any atom is 0.209 e. The third-order valence-corrected chi connectivity index (χ3v) is 3.94. The monoisotopic (exact) mass is 272 g/mol. The third-order valence-electron chi connectivity index (χ3n) is 3.94. The van der Waals surface area contributed by atoms with Crippen LogP contribution in [0.3, 0.4) is 0 Å². The molecule has 1 aliphatic heterocycles. The molecule has 0 atom stereocenters. The lowest BCUT2D eigenvalue weighted by atomic mass is 9.98.